The van der Waals surface area contributed by atoms with E-state index in [1.807, 2.05) is 47.4 Å². The molecule has 3 heterocycles. The Bertz CT molecular complexity index is 1180. The number of nitrogens with one attached hydrogen (secondary N) is 2. The summed E-state index contributed by atoms with van der Waals surface area (Å²) in [4.78, 5) is 32.1. The highest BCUT2D eigenvalue weighted by Crippen LogP contribution is 2.37. The molecule has 2 amide bonds. The molecule has 8 nitrogen and oxygen atoms in total. The topological polar surface area (TPSA) is 100 Å². The molecule has 1 atom stereocenters. The van der Waals surface area contributed by atoms with E-state index in [-0.39, 0.29) is 17.2 Å². The first-order chi connectivity index (χ1) is 17.5. The maximum Gasteiger partial charge on any atom is 0.260 e. The van der Waals surface area contributed by atoms with Crippen LogP contribution < -0.4 is 10.1 Å². The van der Waals surface area contributed by atoms with Crippen LogP contribution in [0.3, 0.4) is 0 Å². The monoisotopic (exact) mass is 487 g/mol. The van der Waals surface area contributed by atoms with E-state index < -0.39 is 6.10 Å². The third kappa shape index (κ3) is 5.27. The van der Waals surface area contributed by atoms with Gasteiger partial charge in [-0.2, -0.15) is 5.10 Å². The molecular weight excluding hydrogens is 454 g/mol. The Balaban J connectivity index is 1.23. The van der Waals surface area contributed by atoms with Crippen LogP contribution in [0, 0.1) is 5.41 Å². The maximum absolute atomic E-state index is 13.2. The number of aryl methyl sites for hydroxylation is 1. The van der Waals surface area contributed by atoms with Gasteiger partial charge in [0.05, 0.1) is 0 Å². The highest BCUT2D eigenvalue weighted by Gasteiger charge is 2.36. The standard InChI is InChI=1S/C28H33N5O3/c1-20-26(34)29-18-28(13-5-4-7-21-6-2-3-8-24(21)36-20)14-16-33(17-15-28)27(35)23-11-9-22(10-12-23)25-30-19-31-32-25/h2-3,6,8-12,19-20H,4-5,7,13-18H2,1H3,(H,29,34)(H,30,31,32)/t20-/m1/s1. The van der Waals surface area contributed by atoms with E-state index in [2.05, 4.69) is 26.6 Å². The number of H-pyrrole nitrogens is 1. The number of nitrogens with zero attached hydrogens (tertiary/aromatic N) is 3. The van der Waals surface area contributed by atoms with Crippen molar-refractivity contribution >= 4 is 11.8 Å². The summed E-state index contributed by atoms with van der Waals surface area (Å²) in [5.74, 6) is 1.44. The molecule has 188 valence electrons. The van der Waals surface area contributed by atoms with Gasteiger partial charge in [0.15, 0.2) is 11.9 Å². The van der Waals surface area contributed by atoms with Crippen molar-refractivity contribution in [1.82, 2.24) is 25.4 Å². The van der Waals surface area contributed by atoms with Crippen LogP contribution in [0.1, 0.15) is 54.9 Å². The number of rotatable bonds is 2. The molecule has 2 aromatic carbocycles. The van der Waals surface area contributed by atoms with Crippen LogP contribution >= 0.6 is 0 Å². The van der Waals surface area contributed by atoms with Gasteiger partial charge < -0.3 is 15.0 Å². The van der Waals surface area contributed by atoms with Crippen molar-refractivity contribution in [2.45, 2.75) is 51.6 Å². The number of aromatic nitrogens is 3. The molecule has 0 saturated carbocycles. The second kappa shape index (κ2) is 10.5. The van der Waals surface area contributed by atoms with Gasteiger partial charge in [0.1, 0.15) is 12.1 Å². The summed E-state index contributed by atoms with van der Waals surface area (Å²) in [6.45, 7) is 3.80. The third-order valence-corrected chi connectivity index (χ3v) is 7.62. The molecule has 2 aliphatic rings. The number of ether oxygens (including phenoxy) is 1. The number of para-hydroxylation sites is 1. The van der Waals surface area contributed by atoms with E-state index in [0.717, 1.165) is 55.4 Å². The van der Waals surface area contributed by atoms with Crippen LogP contribution in [-0.2, 0) is 11.2 Å². The van der Waals surface area contributed by atoms with Crippen molar-refractivity contribution in [2.24, 2.45) is 5.41 Å². The van der Waals surface area contributed by atoms with Gasteiger partial charge >= 0.3 is 0 Å². The molecule has 36 heavy (non-hydrogen) atoms. The fourth-order valence-corrected chi connectivity index (χ4v) is 5.30. The van der Waals surface area contributed by atoms with E-state index in [1.54, 1.807) is 6.92 Å². The largest absolute Gasteiger partial charge is 0.481 e. The van der Waals surface area contributed by atoms with Gasteiger partial charge in [0, 0.05) is 30.8 Å². The van der Waals surface area contributed by atoms with Crippen LogP contribution in [0.25, 0.3) is 11.4 Å². The molecule has 5 rings (SSSR count). The number of carbonyl (C=O) groups is 2. The summed E-state index contributed by atoms with van der Waals surface area (Å²) < 4.78 is 6.01. The average molecular weight is 488 g/mol. The summed E-state index contributed by atoms with van der Waals surface area (Å²) in [7, 11) is 0. The molecule has 2 N–H and O–H groups in total. The smallest absolute Gasteiger partial charge is 0.260 e. The number of fused-ring (bicyclic) bond motifs is 1. The van der Waals surface area contributed by atoms with E-state index >= 15 is 0 Å². The number of amides is 2. The lowest BCUT2D eigenvalue weighted by molar-refractivity contribution is -0.128. The quantitative estimate of drug-likeness (QED) is 0.569. The van der Waals surface area contributed by atoms with Gasteiger partial charge in [0.25, 0.3) is 11.8 Å². The normalized spacial score (nSPS) is 20.4. The molecule has 1 aromatic heterocycles. The fourth-order valence-electron chi connectivity index (χ4n) is 5.30. The first-order valence-electron chi connectivity index (χ1n) is 12.8. The zero-order valence-corrected chi connectivity index (χ0v) is 20.7. The number of aromatic amines is 1. The number of benzene rings is 2. The Morgan fingerprint density at radius 1 is 1.06 bits per heavy atom. The molecule has 1 saturated heterocycles. The first-order valence-corrected chi connectivity index (χ1v) is 12.8. The lowest BCUT2D eigenvalue weighted by Crippen LogP contribution is -2.49. The molecule has 1 fully saturated rings. The summed E-state index contributed by atoms with van der Waals surface area (Å²) in [5.41, 5.74) is 2.72. The fraction of sp³-hybridized carbons (Fsp3) is 0.429. The van der Waals surface area contributed by atoms with Crippen LogP contribution in [-0.4, -0.2) is 57.6 Å². The van der Waals surface area contributed by atoms with Gasteiger partial charge in [-0.3, -0.25) is 14.7 Å². The molecule has 0 bridgehead atoms. The molecule has 0 radical (unpaired) electrons. The van der Waals surface area contributed by atoms with Crippen LogP contribution in [0.4, 0.5) is 0 Å². The Morgan fingerprint density at radius 3 is 2.58 bits per heavy atom. The van der Waals surface area contributed by atoms with Crippen LogP contribution in [0.2, 0.25) is 0 Å². The lowest BCUT2D eigenvalue weighted by Gasteiger charge is -2.42. The molecule has 8 heteroatoms. The number of piperidine rings is 1. The number of carbonyl (C=O) groups excluding carboxylic acids is 2. The predicted molar refractivity (Wildman–Crippen MR) is 136 cm³/mol. The molecular formula is C28H33N5O3. The summed E-state index contributed by atoms with van der Waals surface area (Å²) >= 11 is 0. The molecule has 0 aliphatic carbocycles. The number of hydrogen-bond acceptors (Lipinski definition) is 5. The average Bonchev–Trinajstić information content (AvgIpc) is 3.45. The lowest BCUT2D eigenvalue weighted by atomic mass is 9.74. The first kappa shape index (κ1) is 24.0. The SMILES string of the molecule is C[C@H]1Oc2ccccc2CCCCC2(CCN(C(=O)c3ccc(-c4ncn[nH]4)cc3)CC2)CNC1=O. The number of hydrogen-bond donors (Lipinski definition) is 2. The minimum atomic E-state index is -0.552. The van der Waals surface area contributed by atoms with Crippen molar-refractivity contribution in [1.29, 1.82) is 0 Å². The van der Waals surface area contributed by atoms with Gasteiger partial charge in [0.2, 0.25) is 0 Å². The zero-order valence-electron chi connectivity index (χ0n) is 20.7. The molecule has 0 unspecified atom stereocenters. The second-order valence-corrected chi connectivity index (χ2v) is 10.00. The van der Waals surface area contributed by atoms with Gasteiger partial charge in [-0.05, 0) is 68.2 Å². The van der Waals surface area contributed by atoms with Crippen molar-refractivity contribution in [2.75, 3.05) is 19.6 Å². The van der Waals surface area contributed by atoms with Crippen LogP contribution in [0.5, 0.6) is 5.75 Å². The van der Waals surface area contributed by atoms with Crippen molar-refractivity contribution in [3.8, 4) is 17.1 Å². The maximum atomic E-state index is 13.2. The Kier molecular flexibility index (Phi) is 7.02. The number of likely N-dealkylation sites (tertiary alicyclic amines) is 1. The van der Waals surface area contributed by atoms with Crippen molar-refractivity contribution in [3.63, 3.8) is 0 Å². The van der Waals surface area contributed by atoms with E-state index in [4.69, 9.17) is 4.74 Å². The van der Waals surface area contributed by atoms with Crippen molar-refractivity contribution < 1.29 is 14.3 Å². The minimum absolute atomic E-state index is 0.00101. The summed E-state index contributed by atoms with van der Waals surface area (Å²) in [5, 5.41) is 9.87. The van der Waals surface area contributed by atoms with Gasteiger partial charge in [-0.15, -0.1) is 0 Å². The van der Waals surface area contributed by atoms with Crippen LogP contribution in [0.15, 0.2) is 54.9 Å². The van der Waals surface area contributed by atoms with Gasteiger partial charge in [-0.1, -0.05) is 36.8 Å². The molecule has 1 spiro atoms. The summed E-state index contributed by atoms with van der Waals surface area (Å²) in [6, 6.07) is 15.5. The Hall–Kier alpha value is -3.68. The van der Waals surface area contributed by atoms with Gasteiger partial charge in [-0.25, -0.2) is 4.98 Å². The Labute approximate surface area is 211 Å². The van der Waals surface area contributed by atoms with E-state index in [1.165, 1.54) is 6.33 Å². The van der Waals surface area contributed by atoms with E-state index in [0.29, 0.717) is 31.0 Å². The predicted octanol–water partition coefficient (Wildman–Crippen LogP) is 4.00. The van der Waals surface area contributed by atoms with Crippen molar-refractivity contribution in [3.05, 3.63) is 66.0 Å². The second-order valence-electron chi connectivity index (χ2n) is 10.00. The summed E-state index contributed by atoms with van der Waals surface area (Å²) in [6.07, 6.45) is 6.80. The molecule has 3 aromatic rings. The third-order valence-electron chi connectivity index (χ3n) is 7.62. The van der Waals surface area contributed by atoms with E-state index in [9.17, 15) is 9.59 Å². The highest BCUT2D eigenvalue weighted by molar-refractivity contribution is 5.94. The highest BCUT2D eigenvalue weighted by atomic mass is 16.5. The minimum Gasteiger partial charge on any atom is -0.481 e. The Morgan fingerprint density at radius 2 is 1.83 bits per heavy atom. The zero-order chi connectivity index (χ0) is 25.0. The molecule has 2 aliphatic heterocycles.